The Labute approximate surface area is 157 Å². The summed E-state index contributed by atoms with van der Waals surface area (Å²) in [6.45, 7) is 2.02. The minimum atomic E-state index is -0.767. The Morgan fingerprint density at radius 1 is 0.654 bits per heavy atom. The van der Waals surface area contributed by atoms with Crippen molar-refractivity contribution in [3.05, 3.63) is 72.3 Å². The summed E-state index contributed by atoms with van der Waals surface area (Å²) in [5, 5.41) is 27.8. The molecule has 0 atom stereocenters. The lowest BCUT2D eigenvalue weighted by molar-refractivity contribution is -0.136. The van der Waals surface area contributed by atoms with Crippen molar-refractivity contribution in [3.63, 3.8) is 0 Å². The van der Waals surface area contributed by atoms with Crippen molar-refractivity contribution in [1.82, 2.24) is 0 Å². The van der Waals surface area contributed by atoms with Gasteiger partial charge in [0.1, 0.15) is 11.5 Å². The molecule has 0 aromatic rings. The van der Waals surface area contributed by atoms with Gasteiger partial charge in [0.05, 0.1) is 0 Å². The van der Waals surface area contributed by atoms with Crippen LogP contribution in [0.15, 0.2) is 72.3 Å². The van der Waals surface area contributed by atoms with E-state index in [4.69, 9.17) is 5.11 Å². The van der Waals surface area contributed by atoms with Crippen LogP contribution in [0, 0.1) is 0 Å². The summed E-state index contributed by atoms with van der Waals surface area (Å²) < 4.78 is 0. The number of hydrogen-bond acceptors (Lipinski definition) is 3. The van der Waals surface area contributed by atoms with E-state index in [1.54, 1.807) is 0 Å². The molecule has 0 fully saturated rings. The Balaban J connectivity index is 3.81. The Morgan fingerprint density at radius 2 is 1.08 bits per heavy atom. The van der Waals surface area contributed by atoms with Crippen LogP contribution in [0.2, 0.25) is 0 Å². The van der Waals surface area contributed by atoms with Gasteiger partial charge in [-0.3, -0.25) is 4.79 Å². The lowest BCUT2D eigenvalue weighted by Crippen LogP contribution is -1.91. The molecule has 0 aliphatic heterocycles. The highest BCUT2D eigenvalue weighted by Gasteiger charge is 1.99. The topological polar surface area (TPSA) is 77.8 Å². The molecule has 0 rings (SSSR count). The highest BCUT2D eigenvalue weighted by atomic mass is 16.4. The van der Waals surface area contributed by atoms with E-state index in [1.807, 2.05) is 49.5 Å². The fourth-order valence-corrected chi connectivity index (χ4v) is 1.93. The van der Waals surface area contributed by atoms with Crippen LogP contribution in [0.3, 0.4) is 0 Å². The minimum Gasteiger partial charge on any atom is -0.508 e. The lowest BCUT2D eigenvalue weighted by Gasteiger charge is -1.99. The molecule has 4 nitrogen and oxygen atoms in total. The van der Waals surface area contributed by atoms with Gasteiger partial charge in [-0.25, -0.2) is 0 Å². The van der Waals surface area contributed by atoms with Crippen molar-refractivity contribution < 1.29 is 20.1 Å². The van der Waals surface area contributed by atoms with E-state index < -0.39 is 5.97 Å². The molecule has 0 aliphatic rings. The molecule has 26 heavy (non-hydrogen) atoms. The average molecular weight is 360 g/mol. The van der Waals surface area contributed by atoms with Crippen molar-refractivity contribution >= 4 is 5.97 Å². The molecule has 0 amide bonds. The molecular weight excluding hydrogens is 328 g/mol. The van der Waals surface area contributed by atoms with E-state index in [2.05, 4.69) is 18.2 Å². The summed E-state index contributed by atoms with van der Waals surface area (Å²) in [4.78, 5) is 10.3. The van der Waals surface area contributed by atoms with Crippen molar-refractivity contribution in [2.24, 2.45) is 0 Å². The van der Waals surface area contributed by atoms with Gasteiger partial charge in [0.15, 0.2) is 0 Å². The van der Waals surface area contributed by atoms with E-state index >= 15 is 0 Å². The number of aliphatic carboxylic acids is 1. The molecule has 0 aromatic carbocycles. The first-order chi connectivity index (χ1) is 12.6. The lowest BCUT2D eigenvalue weighted by atomic mass is 10.2. The molecule has 0 saturated heterocycles. The standard InChI is InChI=1S/C22H32O4/c1-2-3-14-17-20(23)21(24)18-15-12-10-8-6-4-5-7-9-11-13-16-19-22(25)26/h3,5-8,11-15,23-24H,2,4,9-10,16-19H2,1H3,(H,25,26)/b7-5-,8-6-,13-11-,14-3-,15-12-,21-20-. The molecule has 144 valence electrons. The second-order valence-electron chi connectivity index (χ2n) is 5.71. The molecule has 0 radical (unpaired) electrons. The summed E-state index contributed by atoms with van der Waals surface area (Å²) in [5.74, 6) is -0.723. The van der Waals surface area contributed by atoms with Gasteiger partial charge in [0, 0.05) is 19.3 Å². The number of carbonyl (C=O) groups is 1. The van der Waals surface area contributed by atoms with Gasteiger partial charge in [-0.2, -0.15) is 0 Å². The normalized spacial score (nSPS) is 13.7. The van der Waals surface area contributed by atoms with Crippen LogP contribution in [-0.2, 0) is 4.79 Å². The highest BCUT2D eigenvalue weighted by molar-refractivity contribution is 5.66. The van der Waals surface area contributed by atoms with E-state index in [0.29, 0.717) is 19.3 Å². The summed E-state index contributed by atoms with van der Waals surface area (Å²) in [6, 6.07) is 0. The van der Waals surface area contributed by atoms with Crippen molar-refractivity contribution in [2.75, 3.05) is 0 Å². The summed E-state index contributed by atoms with van der Waals surface area (Å²) >= 11 is 0. The van der Waals surface area contributed by atoms with Crippen molar-refractivity contribution in [2.45, 2.75) is 58.3 Å². The SMILES string of the molecule is CC/C=C\C/C(O)=C(/O)C/C=C\C/C=C\C/C=C\C/C=C\CCC(=O)O. The van der Waals surface area contributed by atoms with Crippen LogP contribution in [0.5, 0.6) is 0 Å². The van der Waals surface area contributed by atoms with Gasteiger partial charge in [-0.1, -0.05) is 67.7 Å². The highest BCUT2D eigenvalue weighted by Crippen LogP contribution is 2.09. The third-order valence-corrected chi connectivity index (χ3v) is 3.37. The maximum atomic E-state index is 10.3. The number of aliphatic hydroxyl groups excluding tert-OH is 2. The zero-order chi connectivity index (χ0) is 19.5. The van der Waals surface area contributed by atoms with Crippen LogP contribution < -0.4 is 0 Å². The molecule has 0 aromatic heterocycles. The molecular formula is C22H32O4. The third-order valence-electron chi connectivity index (χ3n) is 3.37. The molecule has 3 N–H and O–H groups in total. The van der Waals surface area contributed by atoms with Gasteiger partial charge in [-0.05, 0) is 32.1 Å². The molecule has 0 heterocycles. The predicted molar refractivity (Wildman–Crippen MR) is 108 cm³/mol. The number of rotatable bonds is 14. The van der Waals surface area contributed by atoms with Gasteiger partial charge in [0.25, 0.3) is 0 Å². The summed E-state index contributed by atoms with van der Waals surface area (Å²) in [6.07, 6.45) is 24.5. The van der Waals surface area contributed by atoms with Crippen LogP contribution in [-0.4, -0.2) is 21.3 Å². The maximum absolute atomic E-state index is 10.3. The monoisotopic (exact) mass is 360 g/mol. The molecule has 0 bridgehead atoms. The number of hydrogen-bond donors (Lipinski definition) is 3. The minimum absolute atomic E-state index is 0.0188. The third kappa shape index (κ3) is 16.4. The van der Waals surface area contributed by atoms with Gasteiger partial charge in [0.2, 0.25) is 0 Å². The first-order valence-corrected chi connectivity index (χ1v) is 9.14. The second-order valence-corrected chi connectivity index (χ2v) is 5.71. The fourth-order valence-electron chi connectivity index (χ4n) is 1.93. The fraction of sp³-hybridized carbons (Fsp3) is 0.409. The molecule has 0 saturated carbocycles. The molecule has 4 heteroatoms. The van der Waals surface area contributed by atoms with Crippen LogP contribution in [0.25, 0.3) is 0 Å². The number of aliphatic hydroxyl groups is 2. The van der Waals surface area contributed by atoms with Gasteiger partial charge < -0.3 is 15.3 Å². The zero-order valence-electron chi connectivity index (χ0n) is 15.7. The van der Waals surface area contributed by atoms with Crippen molar-refractivity contribution in [3.8, 4) is 0 Å². The largest absolute Gasteiger partial charge is 0.508 e. The zero-order valence-corrected chi connectivity index (χ0v) is 15.7. The number of carboxylic acid groups (broad SMARTS) is 1. The Bertz CT molecular complexity index is 548. The Hall–Kier alpha value is -2.49. The van der Waals surface area contributed by atoms with E-state index in [9.17, 15) is 15.0 Å². The van der Waals surface area contributed by atoms with E-state index in [-0.39, 0.29) is 17.9 Å². The van der Waals surface area contributed by atoms with Crippen LogP contribution in [0.1, 0.15) is 58.3 Å². The quantitative estimate of drug-likeness (QED) is 0.250. The number of carboxylic acids is 1. The summed E-state index contributed by atoms with van der Waals surface area (Å²) in [7, 11) is 0. The van der Waals surface area contributed by atoms with Crippen LogP contribution in [0.4, 0.5) is 0 Å². The van der Waals surface area contributed by atoms with Crippen LogP contribution >= 0.6 is 0 Å². The van der Waals surface area contributed by atoms with E-state index in [0.717, 1.165) is 25.7 Å². The predicted octanol–water partition coefficient (Wildman–Crippen LogP) is 6.32. The van der Waals surface area contributed by atoms with Gasteiger partial charge in [-0.15, -0.1) is 0 Å². The average Bonchev–Trinajstić information content (AvgIpc) is 2.61. The first kappa shape index (κ1) is 23.5. The molecule has 0 spiro atoms. The summed E-state index contributed by atoms with van der Waals surface area (Å²) in [5.41, 5.74) is 0. The van der Waals surface area contributed by atoms with E-state index in [1.165, 1.54) is 0 Å². The Kier molecular flexibility index (Phi) is 15.7. The Morgan fingerprint density at radius 3 is 1.54 bits per heavy atom. The molecule has 0 unspecified atom stereocenters. The maximum Gasteiger partial charge on any atom is 0.303 e. The number of allylic oxidation sites excluding steroid dienone is 10. The first-order valence-electron chi connectivity index (χ1n) is 9.14. The smallest absolute Gasteiger partial charge is 0.303 e. The van der Waals surface area contributed by atoms with Crippen molar-refractivity contribution in [1.29, 1.82) is 0 Å². The second kappa shape index (κ2) is 17.3. The molecule has 0 aliphatic carbocycles. The van der Waals surface area contributed by atoms with Gasteiger partial charge >= 0.3 is 5.97 Å².